The number of aliphatic carboxylic acids is 2. The lowest BCUT2D eigenvalue weighted by atomic mass is 10.0. The minimum absolute atomic E-state index is 0.142. The van der Waals surface area contributed by atoms with Crippen molar-refractivity contribution < 1.29 is 68.4 Å². The van der Waals surface area contributed by atoms with E-state index in [2.05, 4.69) is 37.2 Å². The molecule has 11 N–H and O–H groups in total. The molecule has 0 heterocycles. The molecular weight excluding hydrogens is 802 g/mol. The van der Waals surface area contributed by atoms with Gasteiger partial charge in [-0.2, -0.15) is 0 Å². The summed E-state index contributed by atoms with van der Waals surface area (Å²) < 4.78 is 0. The summed E-state index contributed by atoms with van der Waals surface area (Å²) in [5.74, 6) is -8.22. The molecule has 0 aromatic rings. The van der Waals surface area contributed by atoms with Crippen molar-refractivity contribution >= 4 is 59.1 Å². The molecule has 0 aromatic carbocycles. The van der Waals surface area contributed by atoms with Gasteiger partial charge in [0.15, 0.2) is 5.78 Å². The molecule has 2 unspecified atom stereocenters. The van der Waals surface area contributed by atoms with Crippen molar-refractivity contribution in [1.82, 2.24) is 37.2 Å². The fraction of sp³-hybridized carbons (Fsp3) is 0.750. The molecule has 61 heavy (non-hydrogen) atoms. The van der Waals surface area contributed by atoms with Gasteiger partial charge in [-0.25, -0.2) is 4.79 Å². The molecule has 0 bridgehead atoms. The van der Waals surface area contributed by atoms with E-state index in [9.17, 15) is 63.3 Å². The molecule has 21 heteroatoms. The van der Waals surface area contributed by atoms with E-state index in [0.29, 0.717) is 6.42 Å². The summed E-state index contributed by atoms with van der Waals surface area (Å²) in [7, 11) is 0. The van der Waals surface area contributed by atoms with Gasteiger partial charge >= 0.3 is 11.9 Å². The number of hydrogen-bond donors (Lipinski definition) is 11. The molecule has 0 rings (SSSR count). The highest BCUT2D eigenvalue weighted by Crippen LogP contribution is 2.14. The average Bonchev–Trinajstić information content (AvgIpc) is 3.22. The predicted octanol–water partition coefficient (Wildman–Crippen LogP) is -0.694. The Morgan fingerprint density at radius 3 is 1.20 bits per heavy atom. The van der Waals surface area contributed by atoms with Crippen LogP contribution in [-0.2, 0) is 47.9 Å². The third kappa shape index (κ3) is 30.5. The maximum atomic E-state index is 12.5. The molecule has 7 amide bonds. The summed E-state index contributed by atoms with van der Waals surface area (Å²) >= 11 is 0. The van der Waals surface area contributed by atoms with Crippen molar-refractivity contribution in [2.45, 2.75) is 148 Å². The zero-order valence-electron chi connectivity index (χ0n) is 35.7. The average molecular weight is 872 g/mol. The van der Waals surface area contributed by atoms with Gasteiger partial charge in [0.05, 0.1) is 39.4 Å². The molecule has 3 atom stereocenters. The summed E-state index contributed by atoms with van der Waals surface area (Å²) in [4.78, 5) is 120. The highest BCUT2D eigenvalue weighted by Gasteiger charge is 2.25. The fourth-order valence-electron chi connectivity index (χ4n) is 5.66. The van der Waals surface area contributed by atoms with E-state index in [1.807, 2.05) is 0 Å². The summed E-state index contributed by atoms with van der Waals surface area (Å²) in [6.07, 6.45) is 14.1. The third-order valence-corrected chi connectivity index (χ3v) is 9.40. The van der Waals surface area contributed by atoms with Crippen LogP contribution in [0.1, 0.15) is 129 Å². The normalized spacial score (nSPS) is 12.3. The highest BCUT2D eigenvalue weighted by molar-refractivity contribution is 5.95. The van der Waals surface area contributed by atoms with Crippen LogP contribution in [-0.4, -0.2) is 137 Å². The number of amides is 7. The molecule has 21 nitrogen and oxygen atoms in total. The van der Waals surface area contributed by atoms with E-state index < -0.39 is 104 Å². The highest BCUT2D eigenvalue weighted by atomic mass is 16.4. The Labute approximate surface area is 357 Å². The molecule has 0 radical (unpaired) electrons. The summed E-state index contributed by atoms with van der Waals surface area (Å²) in [5, 5.41) is 52.9. The monoisotopic (exact) mass is 871 g/mol. The Kier molecular flexibility index (Phi) is 31.6. The number of aliphatic hydroxyl groups excluding tert-OH is 2. The van der Waals surface area contributed by atoms with Crippen molar-refractivity contribution in [3.05, 3.63) is 0 Å². The van der Waals surface area contributed by atoms with Crippen LogP contribution >= 0.6 is 0 Å². The number of Topliss-reactive ketones (excluding diaryl/α,β-unsaturated/α-hetero) is 1. The lowest BCUT2D eigenvalue weighted by Crippen LogP contribution is -2.55. The summed E-state index contributed by atoms with van der Waals surface area (Å²) in [5.41, 5.74) is 0. The summed E-state index contributed by atoms with van der Waals surface area (Å²) in [6.45, 7) is -0.622. The minimum Gasteiger partial charge on any atom is -0.481 e. The molecule has 0 saturated carbocycles. The van der Waals surface area contributed by atoms with Crippen molar-refractivity contribution in [3.8, 4) is 0 Å². The van der Waals surface area contributed by atoms with Gasteiger partial charge in [-0.1, -0.05) is 90.9 Å². The molecule has 348 valence electrons. The Bertz CT molecular complexity index is 1410. The van der Waals surface area contributed by atoms with Gasteiger partial charge in [0.2, 0.25) is 41.4 Å². The number of aliphatic hydroxyl groups is 2. The van der Waals surface area contributed by atoms with Crippen LogP contribution in [0.25, 0.3) is 0 Å². The van der Waals surface area contributed by atoms with Crippen LogP contribution in [0.3, 0.4) is 0 Å². The van der Waals surface area contributed by atoms with Crippen molar-refractivity contribution in [3.63, 3.8) is 0 Å². The maximum absolute atomic E-state index is 12.5. The first-order valence-corrected chi connectivity index (χ1v) is 21.2. The SMILES string of the molecule is CC(C)C(=O)CNC(=O)CNC(=O)C(CO)NC(=O)CNC(=O)C(CO)NC(=O)CNC(=O)CC[C@H](NC(=O)CCCCCCCCCCCCCCCCC(=O)O)C(=O)O. The molecule has 0 aromatic heterocycles. The first kappa shape index (κ1) is 55.8. The number of carbonyl (C=O) groups excluding carboxylic acids is 8. The summed E-state index contributed by atoms with van der Waals surface area (Å²) in [6, 6.07) is -4.38. The molecule has 0 fully saturated rings. The van der Waals surface area contributed by atoms with Crippen LogP contribution < -0.4 is 37.2 Å². The van der Waals surface area contributed by atoms with Crippen molar-refractivity contribution in [1.29, 1.82) is 0 Å². The molecular formula is C40H69N7O14. The largest absolute Gasteiger partial charge is 0.481 e. The van der Waals surface area contributed by atoms with Crippen LogP contribution in [0.2, 0.25) is 0 Å². The minimum atomic E-state index is -1.55. The molecule has 0 aliphatic rings. The number of nitrogens with one attached hydrogen (secondary N) is 7. The first-order valence-electron chi connectivity index (χ1n) is 21.2. The molecule has 0 spiro atoms. The second kappa shape index (κ2) is 34.5. The predicted molar refractivity (Wildman–Crippen MR) is 220 cm³/mol. The van der Waals surface area contributed by atoms with Gasteiger partial charge in [0.25, 0.3) is 0 Å². The van der Waals surface area contributed by atoms with E-state index in [1.54, 1.807) is 13.8 Å². The van der Waals surface area contributed by atoms with Gasteiger partial charge in [-0.3, -0.25) is 43.2 Å². The number of rotatable bonds is 37. The topological polar surface area (TPSA) is 336 Å². The number of carboxylic acid groups (broad SMARTS) is 2. The second-order valence-electron chi connectivity index (χ2n) is 15.1. The van der Waals surface area contributed by atoms with Crippen molar-refractivity contribution in [2.24, 2.45) is 5.92 Å². The Balaban J connectivity index is 4.31. The van der Waals surface area contributed by atoms with Gasteiger partial charge in [-0.05, 0) is 19.3 Å². The maximum Gasteiger partial charge on any atom is 0.326 e. The van der Waals surface area contributed by atoms with Gasteiger partial charge in [0, 0.05) is 25.2 Å². The van der Waals surface area contributed by atoms with Crippen LogP contribution in [0.15, 0.2) is 0 Å². The first-order chi connectivity index (χ1) is 29.0. The Hall–Kier alpha value is -5.18. The number of ketones is 1. The molecule has 0 aliphatic carbocycles. The Morgan fingerprint density at radius 2 is 0.787 bits per heavy atom. The molecule has 0 aliphatic heterocycles. The standard InChI is InChI=1S/C40H69N7O14/c1-27(2)31(50)21-41-34(53)22-43-38(58)29(25-48)47-36(55)24-44-39(59)30(26-49)46-35(54)23-42-32(51)20-19-28(40(60)61)45-33(52)17-15-13-11-9-7-5-3-4-6-8-10-12-14-16-18-37(56)57/h27-30,48-49H,3-26H2,1-2H3,(H,41,53)(H,42,51)(H,43,58)(H,44,59)(H,45,52)(H,46,54)(H,47,55)(H,56,57)(H,60,61)/t28-,29?,30?/m0/s1. The second-order valence-corrected chi connectivity index (χ2v) is 15.1. The van der Waals surface area contributed by atoms with Crippen molar-refractivity contribution in [2.75, 3.05) is 39.4 Å². The zero-order valence-corrected chi connectivity index (χ0v) is 35.7. The van der Waals surface area contributed by atoms with E-state index >= 15 is 0 Å². The number of hydrogen-bond acceptors (Lipinski definition) is 12. The van der Waals surface area contributed by atoms with Crippen LogP contribution in [0.4, 0.5) is 0 Å². The van der Waals surface area contributed by atoms with E-state index in [0.717, 1.165) is 57.8 Å². The van der Waals surface area contributed by atoms with Gasteiger partial charge < -0.3 is 57.6 Å². The van der Waals surface area contributed by atoms with Crippen LogP contribution in [0, 0.1) is 5.92 Å². The Morgan fingerprint density at radius 1 is 0.410 bits per heavy atom. The third-order valence-electron chi connectivity index (χ3n) is 9.40. The lowest BCUT2D eigenvalue weighted by Gasteiger charge is -2.18. The van der Waals surface area contributed by atoms with Gasteiger partial charge in [0.1, 0.15) is 18.1 Å². The van der Waals surface area contributed by atoms with E-state index in [1.165, 1.54) is 25.7 Å². The number of unbranched alkanes of at least 4 members (excludes halogenated alkanes) is 13. The molecule has 0 saturated heterocycles. The quantitative estimate of drug-likeness (QED) is 0.0345. The van der Waals surface area contributed by atoms with Crippen LogP contribution in [0.5, 0.6) is 0 Å². The van der Waals surface area contributed by atoms with E-state index in [4.69, 9.17) is 5.11 Å². The number of carboxylic acids is 2. The lowest BCUT2D eigenvalue weighted by molar-refractivity contribution is -0.142. The smallest absolute Gasteiger partial charge is 0.326 e. The number of carbonyl (C=O) groups is 10. The van der Waals surface area contributed by atoms with Gasteiger partial charge in [-0.15, -0.1) is 0 Å². The van der Waals surface area contributed by atoms with E-state index in [-0.39, 0.29) is 43.9 Å². The zero-order chi connectivity index (χ0) is 46.0. The fourth-order valence-corrected chi connectivity index (χ4v) is 5.66.